The third-order valence-corrected chi connectivity index (χ3v) is 4.14. The summed E-state index contributed by atoms with van der Waals surface area (Å²) in [5, 5.41) is 9.55. The van der Waals surface area contributed by atoms with Crippen LogP contribution in [0.4, 0.5) is 0 Å². The Morgan fingerprint density at radius 2 is 1.89 bits per heavy atom. The minimum absolute atomic E-state index is 0.635. The largest absolute Gasteiger partial charge is 0.481 e. The lowest BCUT2D eigenvalue weighted by molar-refractivity contribution is -0.143. The van der Waals surface area contributed by atoms with Crippen LogP contribution in [0.15, 0.2) is 29.3 Å². The van der Waals surface area contributed by atoms with Gasteiger partial charge in [0.15, 0.2) is 0 Å². The van der Waals surface area contributed by atoms with Gasteiger partial charge in [-0.3, -0.25) is 4.79 Å². The van der Waals surface area contributed by atoms with Crippen LogP contribution in [0.3, 0.4) is 0 Å². The van der Waals surface area contributed by atoms with E-state index in [4.69, 9.17) is 4.74 Å². The molecule has 1 aromatic rings. The molecule has 1 aliphatic heterocycles. The van der Waals surface area contributed by atoms with Crippen molar-refractivity contribution in [1.29, 1.82) is 0 Å². The zero-order valence-corrected chi connectivity index (χ0v) is 10.8. The fourth-order valence-corrected chi connectivity index (χ4v) is 3.05. The van der Waals surface area contributed by atoms with E-state index in [1.165, 1.54) is 0 Å². The van der Waals surface area contributed by atoms with Gasteiger partial charge >= 0.3 is 5.97 Å². The standard InChI is InChI=1S/C15H17NO3/c17-14(18)15(7-1-2-8-15)12-5-3-11(4-6-12)13-16-9-10-19-13/h3-6H,1-2,7-10H2,(H,17,18). The van der Waals surface area contributed by atoms with E-state index in [1.54, 1.807) is 0 Å². The van der Waals surface area contributed by atoms with E-state index in [9.17, 15) is 9.90 Å². The van der Waals surface area contributed by atoms with Crippen molar-refractivity contribution in [1.82, 2.24) is 0 Å². The fourth-order valence-electron chi connectivity index (χ4n) is 3.05. The highest BCUT2D eigenvalue weighted by molar-refractivity contribution is 5.95. The van der Waals surface area contributed by atoms with Crippen molar-refractivity contribution in [2.45, 2.75) is 31.1 Å². The summed E-state index contributed by atoms with van der Waals surface area (Å²) in [7, 11) is 0. The molecule has 3 rings (SSSR count). The summed E-state index contributed by atoms with van der Waals surface area (Å²) < 4.78 is 5.41. The molecule has 4 nitrogen and oxygen atoms in total. The molecule has 0 unspecified atom stereocenters. The summed E-state index contributed by atoms with van der Waals surface area (Å²) in [6.45, 7) is 1.34. The van der Waals surface area contributed by atoms with Gasteiger partial charge in [-0.15, -0.1) is 0 Å². The Bertz CT molecular complexity index is 513. The molecule has 1 aromatic carbocycles. The normalized spacial score (nSPS) is 20.9. The van der Waals surface area contributed by atoms with Crippen molar-refractivity contribution < 1.29 is 14.6 Å². The van der Waals surface area contributed by atoms with Crippen molar-refractivity contribution in [3.05, 3.63) is 35.4 Å². The number of carbonyl (C=O) groups is 1. The molecule has 0 bridgehead atoms. The van der Waals surface area contributed by atoms with Crippen molar-refractivity contribution in [3.8, 4) is 0 Å². The second-order valence-corrected chi connectivity index (χ2v) is 5.21. The summed E-state index contributed by atoms with van der Waals surface area (Å²) in [5.41, 5.74) is 1.15. The van der Waals surface area contributed by atoms with Crippen LogP contribution in [0.1, 0.15) is 36.8 Å². The minimum Gasteiger partial charge on any atom is -0.481 e. The first-order chi connectivity index (χ1) is 9.22. The van der Waals surface area contributed by atoms with E-state index >= 15 is 0 Å². The van der Waals surface area contributed by atoms with E-state index in [1.807, 2.05) is 24.3 Å². The van der Waals surface area contributed by atoms with Crippen LogP contribution < -0.4 is 0 Å². The van der Waals surface area contributed by atoms with E-state index in [0.29, 0.717) is 19.0 Å². The Morgan fingerprint density at radius 1 is 1.21 bits per heavy atom. The third-order valence-electron chi connectivity index (χ3n) is 4.14. The zero-order chi connectivity index (χ0) is 13.3. The van der Waals surface area contributed by atoms with Gasteiger partial charge in [-0.25, -0.2) is 4.99 Å². The van der Waals surface area contributed by atoms with Gasteiger partial charge in [-0.2, -0.15) is 0 Å². The maximum atomic E-state index is 11.6. The highest BCUT2D eigenvalue weighted by atomic mass is 16.5. The molecule has 19 heavy (non-hydrogen) atoms. The van der Waals surface area contributed by atoms with Crippen LogP contribution in [0.2, 0.25) is 0 Å². The van der Waals surface area contributed by atoms with Gasteiger partial charge in [0.1, 0.15) is 6.61 Å². The van der Waals surface area contributed by atoms with E-state index < -0.39 is 11.4 Å². The van der Waals surface area contributed by atoms with E-state index in [2.05, 4.69) is 4.99 Å². The minimum atomic E-state index is -0.702. The Hall–Kier alpha value is -1.84. The number of carboxylic acids is 1. The molecular weight excluding hydrogens is 242 g/mol. The number of ether oxygens (including phenoxy) is 1. The Kier molecular flexibility index (Phi) is 3.01. The van der Waals surface area contributed by atoms with Crippen LogP contribution in [0, 0.1) is 0 Å². The first-order valence-electron chi connectivity index (χ1n) is 6.74. The molecule has 1 N–H and O–H groups in total. The van der Waals surface area contributed by atoms with Gasteiger partial charge in [-0.05, 0) is 30.5 Å². The summed E-state index contributed by atoms with van der Waals surface area (Å²) in [5.74, 6) is -0.0328. The lowest BCUT2D eigenvalue weighted by Crippen LogP contribution is -2.32. The number of aliphatic imine (C=N–C) groups is 1. The summed E-state index contributed by atoms with van der Waals surface area (Å²) in [6, 6.07) is 7.67. The van der Waals surface area contributed by atoms with Gasteiger partial charge in [0, 0.05) is 5.56 Å². The third kappa shape index (κ3) is 2.01. The molecule has 1 aliphatic carbocycles. The number of benzene rings is 1. The number of hydrogen-bond donors (Lipinski definition) is 1. The van der Waals surface area contributed by atoms with Crippen LogP contribution in [-0.4, -0.2) is 30.1 Å². The molecule has 0 aromatic heterocycles. The maximum absolute atomic E-state index is 11.6. The molecule has 2 aliphatic rings. The van der Waals surface area contributed by atoms with Gasteiger partial charge in [-0.1, -0.05) is 25.0 Å². The van der Waals surface area contributed by atoms with Crippen molar-refractivity contribution >= 4 is 11.9 Å². The average Bonchev–Trinajstić information content (AvgIpc) is 3.11. The van der Waals surface area contributed by atoms with Crippen LogP contribution in [-0.2, 0) is 14.9 Å². The summed E-state index contributed by atoms with van der Waals surface area (Å²) in [6.07, 6.45) is 3.45. The first kappa shape index (κ1) is 12.2. The monoisotopic (exact) mass is 259 g/mol. The predicted molar refractivity (Wildman–Crippen MR) is 71.6 cm³/mol. The second-order valence-electron chi connectivity index (χ2n) is 5.21. The van der Waals surface area contributed by atoms with E-state index in [0.717, 1.165) is 36.8 Å². The number of rotatable bonds is 3. The van der Waals surface area contributed by atoms with Crippen LogP contribution >= 0.6 is 0 Å². The predicted octanol–water partition coefficient (Wildman–Crippen LogP) is 2.36. The molecule has 1 heterocycles. The molecule has 100 valence electrons. The topological polar surface area (TPSA) is 58.9 Å². The SMILES string of the molecule is O=C(O)C1(c2ccc(C3=NCCO3)cc2)CCCC1. The number of aliphatic carboxylic acids is 1. The zero-order valence-electron chi connectivity index (χ0n) is 10.8. The summed E-state index contributed by atoms with van der Waals surface area (Å²) in [4.78, 5) is 15.9. The molecule has 0 saturated heterocycles. The van der Waals surface area contributed by atoms with Crippen molar-refractivity contribution in [2.75, 3.05) is 13.2 Å². The molecule has 4 heteroatoms. The van der Waals surface area contributed by atoms with Crippen molar-refractivity contribution in [2.24, 2.45) is 4.99 Å². The molecular formula is C15H17NO3. The molecule has 1 saturated carbocycles. The lowest BCUT2D eigenvalue weighted by atomic mass is 9.79. The van der Waals surface area contributed by atoms with Gasteiger partial charge < -0.3 is 9.84 Å². The highest BCUT2D eigenvalue weighted by Gasteiger charge is 2.42. The van der Waals surface area contributed by atoms with Gasteiger partial charge in [0.25, 0.3) is 0 Å². The Labute approximate surface area is 112 Å². The van der Waals surface area contributed by atoms with Gasteiger partial charge in [0.2, 0.25) is 5.90 Å². The quantitative estimate of drug-likeness (QED) is 0.906. The first-order valence-corrected chi connectivity index (χ1v) is 6.74. The number of nitrogens with zero attached hydrogens (tertiary/aromatic N) is 1. The smallest absolute Gasteiger partial charge is 0.314 e. The van der Waals surface area contributed by atoms with Gasteiger partial charge in [0.05, 0.1) is 12.0 Å². The van der Waals surface area contributed by atoms with E-state index in [-0.39, 0.29) is 0 Å². The lowest BCUT2D eigenvalue weighted by Gasteiger charge is -2.24. The number of carboxylic acid groups (broad SMARTS) is 1. The van der Waals surface area contributed by atoms with Crippen molar-refractivity contribution in [3.63, 3.8) is 0 Å². The molecule has 0 amide bonds. The molecule has 0 atom stereocenters. The fraction of sp³-hybridized carbons (Fsp3) is 0.467. The second kappa shape index (κ2) is 4.68. The molecule has 1 fully saturated rings. The Balaban J connectivity index is 1.91. The van der Waals surface area contributed by atoms with Crippen LogP contribution in [0.25, 0.3) is 0 Å². The van der Waals surface area contributed by atoms with Crippen LogP contribution in [0.5, 0.6) is 0 Å². The highest BCUT2D eigenvalue weighted by Crippen LogP contribution is 2.41. The molecule has 0 spiro atoms. The summed E-state index contributed by atoms with van der Waals surface area (Å²) >= 11 is 0. The Morgan fingerprint density at radius 3 is 2.42 bits per heavy atom. The maximum Gasteiger partial charge on any atom is 0.314 e. The average molecular weight is 259 g/mol. The molecule has 0 radical (unpaired) electrons. The number of hydrogen-bond acceptors (Lipinski definition) is 3.